The maximum absolute atomic E-state index is 11.9. The summed E-state index contributed by atoms with van der Waals surface area (Å²) in [6, 6.07) is 5.48. The summed E-state index contributed by atoms with van der Waals surface area (Å²) in [5, 5.41) is 6.88. The second-order valence-corrected chi connectivity index (χ2v) is 6.62. The Morgan fingerprint density at radius 3 is 2.80 bits per heavy atom. The topological polar surface area (TPSA) is 59.6 Å². The Kier molecular flexibility index (Phi) is 8.15. The van der Waals surface area contributed by atoms with Crippen molar-refractivity contribution in [3.8, 4) is 0 Å². The molecule has 0 unspecified atom stereocenters. The fourth-order valence-electron chi connectivity index (χ4n) is 2.95. The molecule has 1 saturated carbocycles. The van der Waals surface area contributed by atoms with Crippen LogP contribution in [-0.2, 0) is 9.47 Å². The van der Waals surface area contributed by atoms with Crippen molar-refractivity contribution in [3.63, 3.8) is 0 Å². The third-order valence-electron chi connectivity index (χ3n) is 4.34. The molecule has 0 aromatic heterocycles. The van der Waals surface area contributed by atoms with E-state index < -0.39 is 0 Å². The number of carbonyl (C=O) groups is 1. The van der Waals surface area contributed by atoms with Gasteiger partial charge in [0.05, 0.1) is 18.3 Å². The second kappa shape index (κ2) is 10.4. The minimum Gasteiger partial charge on any atom is -0.462 e. The predicted molar refractivity (Wildman–Crippen MR) is 104 cm³/mol. The van der Waals surface area contributed by atoms with Crippen LogP contribution in [-0.4, -0.2) is 36.9 Å². The zero-order chi connectivity index (χ0) is 18.1. The van der Waals surface area contributed by atoms with Crippen LogP contribution in [0.5, 0.6) is 0 Å². The minimum atomic E-state index is -0.313. The standard InChI is InChI=1S/C19H28N2O3S/c1-3-23-18(22)16-10-6-11-17(14(16)2)21-19(25)20-12-7-13-24-15-8-4-5-9-15/h6,10-11,15H,3-5,7-9,12-13H2,1-2H3,(H2,20,21,25). The molecule has 5 nitrogen and oxygen atoms in total. The summed E-state index contributed by atoms with van der Waals surface area (Å²) in [7, 11) is 0. The SMILES string of the molecule is CCOC(=O)c1cccc(NC(=S)NCCCOC2CCCC2)c1C. The predicted octanol–water partition coefficient (Wildman–Crippen LogP) is 3.81. The largest absolute Gasteiger partial charge is 0.462 e. The summed E-state index contributed by atoms with van der Waals surface area (Å²) in [4.78, 5) is 11.9. The van der Waals surface area contributed by atoms with Crippen LogP contribution in [0.3, 0.4) is 0 Å². The lowest BCUT2D eigenvalue weighted by Crippen LogP contribution is -2.30. The van der Waals surface area contributed by atoms with Gasteiger partial charge in [0, 0.05) is 18.8 Å². The van der Waals surface area contributed by atoms with Gasteiger partial charge >= 0.3 is 5.97 Å². The van der Waals surface area contributed by atoms with Crippen LogP contribution < -0.4 is 10.6 Å². The molecular weight excluding hydrogens is 336 g/mol. The number of nitrogens with one attached hydrogen (secondary N) is 2. The van der Waals surface area contributed by atoms with Crippen molar-refractivity contribution >= 4 is 29.0 Å². The summed E-state index contributed by atoms with van der Waals surface area (Å²) < 4.78 is 10.9. The number of hydrogen-bond donors (Lipinski definition) is 2. The first-order valence-electron chi connectivity index (χ1n) is 9.05. The average Bonchev–Trinajstić information content (AvgIpc) is 3.10. The Bertz CT molecular complexity index is 586. The maximum Gasteiger partial charge on any atom is 0.338 e. The summed E-state index contributed by atoms with van der Waals surface area (Å²) in [6.07, 6.45) is 6.36. The van der Waals surface area contributed by atoms with Gasteiger partial charge in [-0.3, -0.25) is 0 Å². The van der Waals surface area contributed by atoms with Crippen LogP contribution in [0.1, 0.15) is 54.9 Å². The molecule has 1 aliphatic carbocycles. The number of esters is 1. The number of thiocarbonyl (C=S) groups is 1. The summed E-state index contributed by atoms with van der Waals surface area (Å²) in [6.45, 7) is 5.56. The lowest BCUT2D eigenvalue weighted by Gasteiger charge is -2.15. The Morgan fingerprint density at radius 1 is 1.32 bits per heavy atom. The van der Waals surface area contributed by atoms with Crippen molar-refractivity contribution in [2.75, 3.05) is 25.1 Å². The number of benzene rings is 1. The van der Waals surface area contributed by atoms with Gasteiger partial charge < -0.3 is 20.1 Å². The van der Waals surface area contributed by atoms with Crippen molar-refractivity contribution in [3.05, 3.63) is 29.3 Å². The van der Waals surface area contributed by atoms with E-state index in [1.165, 1.54) is 25.7 Å². The van der Waals surface area contributed by atoms with Gasteiger partial charge in [-0.05, 0) is 63.0 Å². The van der Waals surface area contributed by atoms with E-state index in [-0.39, 0.29) is 5.97 Å². The van der Waals surface area contributed by atoms with E-state index in [0.717, 1.165) is 30.8 Å². The van der Waals surface area contributed by atoms with Gasteiger partial charge in [-0.2, -0.15) is 0 Å². The van der Waals surface area contributed by atoms with Gasteiger partial charge in [-0.15, -0.1) is 0 Å². The van der Waals surface area contributed by atoms with Crippen molar-refractivity contribution in [2.24, 2.45) is 0 Å². The Balaban J connectivity index is 1.74. The highest BCUT2D eigenvalue weighted by Crippen LogP contribution is 2.21. The monoisotopic (exact) mass is 364 g/mol. The molecule has 138 valence electrons. The molecule has 1 aliphatic rings. The molecule has 0 spiro atoms. The number of rotatable bonds is 8. The van der Waals surface area contributed by atoms with Gasteiger partial charge in [-0.1, -0.05) is 18.9 Å². The highest BCUT2D eigenvalue weighted by molar-refractivity contribution is 7.80. The third kappa shape index (κ3) is 6.29. The molecule has 6 heteroatoms. The van der Waals surface area contributed by atoms with Gasteiger partial charge in [0.1, 0.15) is 0 Å². The summed E-state index contributed by atoms with van der Waals surface area (Å²) >= 11 is 5.33. The second-order valence-electron chi connectivity index (χ2n) is 6.21. The molecule has 1 fully saturated rings. The molecule has 0 bridgehead atoms. The van der Waals surface area contributed by atoms with Gasteiger partial charge in [0.15, 0.2) is 5.11 Å². The van der Waals surface area contributed by atoms with Crippen LogP contribution in [0, 0.1) is 6.92 Å². The molecular formula is C19H28N2O3S. The first-order valence-corrected chi connectivity index (χ1v) is 9.45. The molecule has 0 atom stereocenters. The van der Waals surface area contributed by atoms with Crippen LogP contribution in [0.4, 0.5) is 5.69 Å². The highest BCUT2D eigenvalue weighted by atomic mass is 32.1. The Labute approximate surface area is 155 Å². The van der Waals surface area contributed by atoms with E-state index in [2.05, 4.69) is 10.6 Å². The van der Waals surface area contributed by atoms with Crippen LogP contribution >= 0.6 is 12.2 Å². The molecule has 1 aromatic carbocycles. The number of anilines is 1. The lowest BCUT2D eigenvalue weighted by atomic mass is 10.1. The molecule has 0 radical (unpaired) electrons. The summed E-state index contributed by atoms with van der Waals surface area (Å²) in [5.41, 5.74) is 2.19. The van der Waals surface area contributed by atoms with Crippen molar-refractivity contribution < 1.29 is 14.3 Å². The van der Waals surface area contributed by atoms with Crippen LogP contribution in [0.2, 0.25) is 0 Å². The van der Waals surface area contributed by atoms with Crippen LogP contribution in [0.25, 0.3) is 0 Å². The third-order valence-corrected chi connectivity index (χ3v) is 4.59. The summed E-state index contributed by atoms with van der Waals surface area (Å²) in [5.74, 6) is -0.313. The van der Waals surface area contributed by atoms with E-state index in [0.29, 0.717) is 23.4 Å². The van der Waals surface area contributed by atoms with E-state index in [1.54, 1.807) is 13.0 Å². The van der Waals surface area contributed by atoms with Gasteiger partial charge in [-0.25, -0.2) is 4.79 Å². The van der Waals surface area contributed by atoms with Crippen molar-refractivity contribution in [1.82, 2.24) is 5.32 Å². The minimum absolute atomic E-state index is 0.313. The first kappa shape index (κ1) is 19.7. The van der Waals surface area contributed by atoms with Crippen LogP contribution in [0.15, 0.2) is 18.2 Å². The number of carbonyl (C=O) groups excluding carboxylic acids is 1. The smallest absolute Gasteiger partial charge is 0.338 e. The number of ether oxygens (including phenoxy) is 2. The van der Waals surface area contributed by atoms with E-state index in [1.807, 2.05) is 19.1 Å². The molecule has 0 heterocycles. The molecule has 0 saturated heterocycles. The molecule has 0 aliphatic heterocycles. The Hall–Kier alpha value is -1.66. The van der Waals surface area contributed by atoms with E-state index in [9.17, 15) is 4.79 Å². The van der Waals surface area contributed by atoms with Crippen molar-refractivity contribution in [2.45, 2.75) is 52.1 Å². The van der Waals surface area contributed by atoms with Gasteiger partial charge in [0.25, 0.3) is 0 Å². The first-order chi connectivity index (χ1) is 12.1. The lowest BCUT2D eigenvalue weighted by molar-refractivity contribution is 0.0525. The Morgan fingerprint density at radius 2 is 2.08 bits per heavy atom. The maximum atomic E-state index is 11.9. The van der Waals surface area contributed by atoms with E-state index >= 15 is 0 Å². The fraction of sp³-hybridized carbons (Fsp3) is 0.579. The van der Waals surface area contributed by atoms with E-state index in [4.69, 9.17) is 21.7 Å². The average molecular weight is 365 g/mol. The zero-order valence-electron chi connectivity index (χ0n) is 15.1. The quantitative estimate of drug-likeness (QED) is 0.416. The molecule has 2 N–H and O–H groups in total. The highest BCUT2D eigenvalue weighted by Gasteiger charge is 2.15. The molecule has 1 aromatic rings. The zero-order valence-corrected chi connectivity index (χ0v) is 15.9. The molecule has 0 amide bonds. The van der Waals surface area contributed by atoms with Gasteiger partial charge in [0.2, 0.25) is 0 Å². The van der Waals surface area contributed by atoms with Crippen molar-refractivity contribution in [1.29, 1.82) is 0 Å². The normalized spacial score (nSPS) is 14.3. The fourth-order valence-corrected chi connectivity index (χ4v) is 3.16. The molecule has 2 rings (SSSR count). The number of hydrogen-bond acceptors (Lipinski definition) is 4. The molecule has 25 heavy (non-hydrogen) atoms.